The van der Waals surface area contributed by atoms with Gasteiger partial charge in [-0.2, -0.15) is 0 Å². The molecule has 4 N–H and O–H groups in total. The van der Waals surface area contributed by atoms with Gasteiger partial charge in [0, 0.05) is 11.6 Å². The van der Waals surface area contributed by atoms with E-state index in [1.165, 1.54) is 5.56 Å². The maximum Gasteiger partial charge on any atom is 0.204 e. The number of nitrogens with two attached hydrogens (primary N) is 1. The molecular formula is C23H31N5O. The van der Waals surface area contributed by atoms with Crippen LogP contribution in [0.5, 0.6) is 5.75 Å². The van der Waals surface area contributed by atoms with Crippen molar-refractivity contribution in [3.63, 3.8) is 0 Å². The van der Waals surface area contributed by atoms with E-state index >= 15 is 0 Å². The number of benzene rings is 2. The highest BCUT2D eigenvalue weighted by Crippen LogP contribution is 2.27. The second-order valence-electron chi connectivity index (χ2n) is 8.24. The van der Waals surface area contributed by atoms with Crippen LogP contribution in [0, 0.1) is 6.92 Å². The number of aromatic nitrogens is 2. The molecule has 4 rings (SSSR count). The number of aromatic hydroxyl groups is 1. The third-order valence-electron chi connectivity index (χ3n) is 5.86. The highest BCUT2D eigenvalue weighted by Gasteiger charge is 2.20. The lowest BCUT2D eigenvalue weighted by Crippen LogP contribution is -2.37. The molecule has 2 heterocycles. The Balaban J connectivity index is 1.72. The molecule has 1 saturated heterocycles. The number of hydrogen-bond donors (Lipinski definition) is 3. The third-order valence-corrected chi connectivity index (χ3v) is 5.86. The molecule has 0 amide bonds. The Hall–Kier alpha value is -2.57. The Morgan fingerprint density at radius 3 is 2.72 bits per heavy atom. The highest BCUT2D eigenvalue weighted by molar-refractivity contribution is 5.80. The van der Waals surface area contributed by atoms with Crippen molar-refractivity contribution in [2.24, 2.45) is 5.73 Å². The van der Waals surface area contributed by atoms with Crippen molar-refractivity contribution in [3.05, 3.63) is 53.1 Å². The van der Waals surface area contributed by atoms with Crippen molar-refractivity contribution >= 4 is 17.0 Å². The zero-order valence-corrected chi connectivity index (χ0v) is 17.4. The molecule has 154 valence electrons. The Bertz CT molecular complexity index is 988. The lowest BCUT2D eigenvalue weighted by molar-refractivity contribution is 0.263. The predicted octanol–water partition coefficient (Wildman–Crippen LogP) is 3.11. The third kappa shape index (κ3) is 4.38. The zero-order chi connectivity index (χ0) is 20.4. The fraction of sp³-hybridized carbons (Fsp3) is 0.435. The number of fused-ring (bicyclic) bond motifs is 1. The minimum absolute atomic E-state index is 0.320. The summed E-state index contributed by atoms with van der Waals surface area (Å²) in [5.41, 5.74) is 11.1. The van der Waals surface area contributed by atoms with Crippen LogP contribution in [0.1, 0.15) is 29.5 Å². The van der Waals surface area contributed by atoms with Crippen LogP contribution >= 0.6 is 0 Å². The van der Waals surface area contributed by atoms with Gasteiger partial charge in [-0.15, -0.1) is 0 Å². The molecule has 6 heteroatoms. The molecule has 0 aliphatic carbocycles. The number of anilines is 1. The van der Waals surface area contributed by atoms with Gasteiger partial charge >= 0.3 is 0 Å². The van der Waals surface area contributed by atoms with Gasteiger partial charge in [-0.25, -0.2) is 4.98 Å². The molecule has 1 aliphatic rings. The number of nitrogens with zero attached hydrogens (tertiary/aromatic N) is 3. The molecule has 0 unspecified atom stereocenters. The fourth-order valence-corrected chi connectivity index (χ4v) is 4.11. The molecule has 1 fully saturated rings. The Morgan fingerprint density at radius 2 is 1.97 bits per heavy atom. The summed E-state index contributed by atoms with van der Waals surface area (Å²) in [5, 5.41) is 14.1. The number of likely N-dealkylation sites (tertiary alicyclic amines) is 1. The number of nitrogens with one attached hydrogen (secondary N) is 1. The summed E-state index contributed by atoms with van der Waals surface area (Å²) in [5.74, 6) is 1.20. The number of rotatable bonds is 6. The summed E-state index contributed by atoms with van der Waals surface area (Å²) in [6.07, 6.45) is 3.05. The van der Waals surface area contributed by atoms with Gasteiger partial charge in [0.1, 0.15) is 5.75 Å². The Morgan fingerprint density at radius 1 is 1.17 bits per heavy atom. The molecule has 0 spiro atoms. The minimum Gasteiger partial charge on any atom is -0.508 e. The van der Waals surface area contributed by atoms with Crippen LogP contribution in [0.4, 0.5) is 5.95 Å². The van der Waals surface area contributed by atoms with Crippen molar-refractivity contribution < 1.29 is 5.11 Å². The molecule has 0 atom stereocenters. The number of phenolic OH excluding ortho intramolecular Hbond substituents is 1. The monoisotopic (exact) mass is 393 g/mol. The molecule has 0 bridgehead atoms. The number of piperidine rings is 1. The Labute approximate surface area is 172 Å². The van der Waals surface area contributed by atoms with E-state index in [4.69, 9.17) is 10.7 Å². The number of phenols is 1. The van der Waals surface area contributed by atoms with Gasteiger partial charge in [0.2, 0.25) is 5.95 Å². The van der Waals surface area contributed by atoms with E-state index in [0.29, 0.717) is 24.9 Å². The summed E-state index contributed by atoms with van der Waals surface area (Å²) >= 11 is 0. The minimum atomic E-state index is 0.320. The summed E-state index contributed by atoms with van der Waals surface area (Å²) in [7, 11) is 2.17. The molecule has 2 aromatic carbocycles. The van der Waals surface area contributed by atoms with E-state index in [0.717, 1.165) is 60.5 Å². The van der Waals surface area contributed by atoms with Crippen molar-refractivity contribution in [1.82, 2.24) is 14.5 Å². The van der Waals surface area contributed by atoms with Crippen LogP contribution in [-0.4, -0.2) is 52.3 Å². The van der Waals surface area contributed by atoms with E-state index in [1.807, 2.05) is 19.1 Å². The molecule has 1 aliphatic heterocycles. The van der Waals surface area contributed by atoms with Crippen molar-refractivity contribution in [1.29, 1.82) is 0 Å². The average molecular weight is 394 g/mol. The summed E-state index contributed by atoms with van der Waals surface area (Å²) in [6, 6.07) is 12.5. The first-order valence-corrected chi connectivity index (χ1v) is 10.5. The van der Waals surface area contributed by atoms with Crippen LogP contribution in [0.3, 0.4) is 0 Å². The van der Waals surface area contributed by atoms with Gasteiger partial charge in [0.15, 0.2) is 0 Å². The van der Waals surface area contributed by atoms with Gasteiger partial charge in [0.05, 0.1) is 17.6 Å². The molecular weight excluding hydrogens is 362 g/mol. The maximum atomic E-state index is 10.4. The Kier molecular flexibility index (Phi) is 5.74. The predicted molar refractivity (Wildman–Crippen MR) is 119 cm³/mol. The molecule has 6 nitrogen and oxygen atoms in total. The molecule has 1 aromatic heterocycles. The van der Waals surface area contributed by atoms with Gasteiger partial charge in [-0.3, -0.25) is 0 Å². The second-order valence-corrected chi connectivity index (χ2v) is 8.24. The number of imidazole rings is 1. The van der Waals surface area contributed by atoms with E-state index in [-0.39, 0.29) is 0 Å². The van der Waals surface area contributed by atoms with Crippen LogP contribution in [0.15, 0.2) is 36.4 Å². The lowest BCUT2D eigenvalue weighted by atomic mass is 10.1. The standard InChI is InChI=1S/C23H31N5O/c1-16-3-6-22(29)18(13-16)15-28-21-14-17(7-10-24)4-5-20(21)26-23(28)25-19-8-11-27(2)12-9-19/h3-6,13-14,19,29H,7-12,15,24H2,1-2H3,(H,25,26). The molecule has 0 saturated carbocycles. The van der Waals surface area contributed by atoms with Gasteiger partial charge < -0.3 is 25.6 Å². The summed E-state index contributed by atoms with van der Waals surface area (Å²) in [6.45, 7) is 5.44. The number of hydrogen-bond acceptors (Lipinski definition) is 5. The van der Waals surface area contributed by atoms with E-state index < -0.39 is 0 Å². The van der Waals surface area contributed by atoms with Gasteiger partial charge in [-0.05, 0) is 76.6 Å². The first kappa shape index (κ1) is 19.7. The van der Waals surface area contributed by atoms with Gasteiger partial charge in [-0.1, -0.05) is 23.8 Å². The quantitative estimate of drug-likeness (QED) is 0.600. The summed E-state index contributed by atoms with van der Waals surface area (Å²) in [4.78, 5) is 7.27. The lowest BCUT2D eigenvalue weighted by Gasteiger charge is -2.30. The summed E-state index contributed by atoms with van der Waals surface area (Å²) < 4.78 is 2.20. The molecule has 29 heavy (non-hydrogen) atoms. The largest absolute Gasteiger partial charge is 0.508 e. The second kappa shape index (κ2) is 8.43. The number of aryl methyl sites for hydroxylation is 1. The topological polar surface area (TPSA) is 79.3 Å². The highest BCUT2D eigenvalue weighted by atomic mass is 16.3. The van der Waals surface area contributed by atoms with E-state index in [9.17, 15) is 5.11 Å². The first-order valence-electron chi connectivity index (χ1n) is 10.5. The van der Waals surface area contributed by atoms with E-state index in [1.54, 1.807) is 6.07 Å². The first-order chi connectivity index (χ1) is 14.0. The van der Waals surface area contributed by atoms with Crippen LogP contribution in [-0.2, 0) is 13.0 Å². The normalized spacial score (nSPS) is 15.8. The smallest absolute Gasteiger partial charge is 0.204 e. The fourth-order valence-electron chi connectivity index (χ4n) is 4.11. The van der Waals surface area contributed by atoms with Crippen molar-refractivity contribution in [3.8, 4) is 5.75 Å². The van der Waals surface area contributed by atoms with Crippen LogP contribution in [0.2, 0.25) is 0 Å². The van der Waals surface area contributed by atoms with Crippen LogP contribution in [0.25, 0.3) is 11.0 Å². The average Bonchev–Trinajstić information content (AvgIpc) is 3.03. The van der Waals surface area contributed by atoms with Crippen molar-refractivity contribution in [2.45, 2.75) is 38.8 Å². The molecule has 0 radical (unpaired) electrons. The molecule has 3 aromatic rings. The van der Waals surface area contributed by atoms with Gasteiger partial charge in [0.25, 0.3) is 0 Å². The SMILES string of the molecule is Cc1ccc(O)c(Cn2c(NC3CCN(C)CC3)nc3ccc(CCN)cc32)c1. The van der Waals surface area contributed by atoms with Crippen molar-refractivity contribution in [2.75, 3.05) is 32.0 Å². The zero-order valence-electron chi connectivity index (χ0n) is 17.4. The maximum absolute atomic E-state index is 10.4. The van der Waals surface area contributed by atoms with E-state index in [2.05, 4.69) is 40.0 Å². The van der Waals surface area contributed by atoms with Crippen LogP contribution < -0.4 is 11.1 Å².